The molecule has 1 heterocycles. The minimum Gasteiger partial charge on any atom is -0.298 e. The maximum atomic E-state index is 11.4. The molecule has 0 aliphatic rings. The third kappa shape index (κ3) is 3.39. The molecule has 0 aliphatic carbocycles. The number of nitrogens with zero attached hydrogens (tertiary/aromatic N) is 1. The smallest absolute Gasteiger partial charge is 0.266 e. The van der Waals surface area contributed by atoms with E-state index in [-0.39, 0.29) is 5.57 Å². The van der Waals surface area contributed by atoms with E-state index in [1.54, 1.807) is 31.3 Å². The molecule has 0 spiro atoms. The number of nitrogens with one attached hydrogen (secondary N) is 1. The molecule has 0 aromatic carbocycles. The molecule has 1 amide bonds. The summed E-state index contributed by atoms with van der Waals surface area (Å²) in [5.74, 6) is 1.97. The van der Waals surface area contributed by atoms with E-state index < -0.39 is 5.91 Å². The van der Waals surface area contributed by atoms with Gasteiger partial charge in [0, 0.05) is 12.2 Å². The van der Waals surface area contributed by atoms with Gasteiger partial charge in [0.15, 0.2) is 6.29 Å². The van der Waals surface area contributed by atoms with Gasteiger partial charge in [0.25, 0.3) is 5.91 Å². The Bertz CT molecular complexity index is 467. The maximum absolute atomic E-state index is 11.4. The van der Waals surface area contributed by atoms with Crippen LogP contribution in [0.1, 0.15) is 12.6 Å². The summed E-state index contributed by atoms with van der Waals surface area (Å²) >= 11 is 0. The van der Waals surface area contributed by atoms with E-state index in [1.165, 1.54) is 6.08 Å². The average Bonchev–Trinajstić information content (AvgIpc) is 2.34. The van der Waals surface area contributed by atoms with Gasteiger partial charge in [0.05, 0.1) is 11.3 Å². The van der Waals surface area contributed by atoms with Crippen molar-refractivity contribution in [3.8, 4) is 12.0 Å². The second-order valence-electron chi connectivity index (χ2n) is 2.80. The van der Waals surface area contributed by atoms with Crippen LogP contribution in [-0.2, 0) is 9.59 Å². The van der Waals surface area contributed by atoms with Crippen molar-refractivity contribution in [2.45, 2.75) is 6.92 Å². The Kier molecular flexibility index (Phi) is 4.48. The van der Waals surface area contributed by atoms with E-state index in [0.717, 1.165) is 0 Å². The van der Waals surface area contributed by atoms with Gasteiger partial charge in [0.2, 0.25) is 0 Å². The molecule has 0 bridgehead atoms. The first kappa shape index (κ1) is 11.7. The maximum Gasteiger partial charge on any atom is 0.266 e. The van der Waals surface area contributed by atoms with Crippen molar-refractivity contribution in [2.24, 2.45) is 0 Å². The Morgan fingerprint density at radius 2 is 2.31 bits per heavy atom. The Hall–Kier alpha value is -2.41. The van der Waals surface area contributed by atoms with Gasteiger partial charge < -0.3 is 0 Å². The fourth-order valence-electron chi connectivity index (χ4n) is 0.965. The van der Waals surface area contributed by atoms with Crippen molar-refractivity contribution in [3.63, 3.8) is 0 Å². The van der Waals surface area contributed by atoms with Gasteiger partial charge in [-0.15, -0.1) is 0 Å². The first-order valence-corrected chi connectivity index (χ1v) is 4.58. The first-order chi connectivity index (χ1) is 7.77. The second-order valence-corrected chi connectivity index (χ2v) is 2.80. The molecule has 1 aromatic heterocycles. The molecule has 1 N–H and O–H groups in total. The summed E-state index contributed by atoms with van der Waals surface area (Å²) in [6.07, 6.45) is 3.46. The van der Waals surface area contributed by atoms with Gasteiger partial charge in [-0.25, -0.2) is 0 Å². The Morgan fingerprint density at radius 3 is 2.88 bits per heavy atom. The van der Waals surface area contributed by atoms with E-state index in [4.69, 9.17) is 0 Å². The van der Waals surface area contributed by atoms with Crippen LogP contribution < -0.4 is 5.32 Å². The largest absolute Gasteiger partial charge is 0.298 e. The number of hydrogen-bond donors (Lipinski definition) is 1. The van der Waals surface area contributed by atoms with Gasteiger partial charge in [0.1, 0.15) is 0 Å². The van der Waals surface area contributed by atoms with Crippen LogP contribution in [0, 0.1) is 12.0 Å². The highest BCUT2D eigenvalue weighted by molar-refractivity contribution is 6.14. The molecule has 0 fully saturated rings. The molecule has 0 unspecified atom stereocenters. The SMILES string of the molecule is CC#CNC(=O)/C(C=O)=C/c1ccccn1. The molecule has 0 radical (unpaired) electrons. The van der Waals surface area contributed by atoms with Crippen molar-refractivity contribution >= 4 is 18.3 Å². The van der Waals surface area contributed by atoms with Crippen molar-refractivity contribution in [1.29, 1.82) is 0 Å². The summed E-state index contributed by atoms with van der Waals surface area (Å²) in [5.41, 5.74) is 0.533. The van der Waals surface area contributed by atoms with Gasteiger partial charge in [-0.3, -0.25) is 19.9 Å². The van der Waals surface area contributed by atoms with E-state index in [0.29, 0.717) is 12.0 Å². The number of aldehydes is 1. The average molecular weight is 214 g/mol. The van der Waals surface area contributed by atoms with Crippen LogP contribution in [0.15, 0.2) is 30.0 Å². The predicted molar refractivity (Wildman–Crippen MR) is 59.9 cm³/mol. The monoisotopic (exact) mass is 214 g/mol. The second kappa shape index (κ2) is 6.14. The number of carbonyl (C=O) groups is 2. The Labute approximate surface area is 93.4 Å². The molecule has 4 heteroatoms. The molecule has 1 aromatic rings. The Morgan fingerprint density at radius 1 is 1.50 bits per heavy atom. The van der Waals surface area contributed by atoms with Crippen LogP contribution >= 0.6 is 0 Å². The highest BCUT2D eigenvalue weighted by atomic mass is 16.2. The molecule has 16 heavy (non-hydrogen) atoms. The molecular weight excluding hydrogens is 204 g/mol. The molecule has 80 valence electrons. The number of rotatable bonds is 3. The molecule has 1 rings (SSSR count). The molecule has 0 aliphatic heterocycles. The van der Waals surface area contributed by atoms with Crippen LogP contribution in [0.2, 0.25) is 0 Å². The van der Waals surface area contributed by atoms with Gasteiger partial charge in [-0.05, 0) is 25.1 Å². The van der Waals surface area contributed by atoms with Gasteiger partial charge >= 0.3 is 0 Å². The van der Waals surface area contributed by atoms with Crippen LogP contribution in [0.5, 0.6) is 0 Å². The van der Waals surface area contributed by atoms with Gasteiger partial charge in [-0.2, -0.15) is 0 Å². The summed E-state index contributed by atoms with van der Waals surface area (Å²) in [4.78, 5) is 26.1. The molecule has 4 nitrogen and oxygen atoms in total. The third-order valence-corrected chi connectivity index (χ3v) is 1.68. The predicted octanol–water partition coefficient (Wildman–Crippen LogP) is 0.761. The number of aromatic nitrogens is 1. The topological polar surface area (TPSA) is 59.1 Å². The zero-order valence-electron chi connectivity index (χ0n) is 8.73. The lowest BCUT2D eigenvalue weighted by atomic mass is 10.2. The number of hydrogen-bond acceptors (Lipinski definition) is 3. The summed E-state index contributed by atoms with van der Waals surface area (Å²) < 4.78 is 0. The number of amides is 1. The molecule has 0 atom stereocenters. The van der Waals surface area contributed by atoms with Crippen LogP contribution in [0.3, 0.4) is 0 Å². The third-order valence-electron chi connectivity index (χ3n) is 1.68. The van der Waals surface area contributed by atoms with Crippen LogP contribution in [-0.4, -0.2) is 17.2 Å². The van der Waals surface area contributed by atoms with E-state index in [2.05, 4.69) is 22.3 Å². The Balaban J connectivity index is 2.89. The molecular formula is C12H10N2O2. The summed E-state index contributed by atoms with van der Waals surface area (Å²) in [6.45, 7) is 1.59. The molecule has 0 saturated carbocycles. The highest BCUT2D eigenvalue weighted by Gasteiger charge is 2.06. The van der Waals surface area contributed by atoms with Crippen LogP contribution in [0.4, 0.5) is 0 Å². The highest BCUT2D eigenvalue weighted by Crippen LogP contribution is 2.01. The fourth-order valence-corrected chi connectivity index (χ4v) is 0.965. The van der Waals surface area contributed by atoms with E-state index in [9.17, 15) is 9.59 Å². The summed E-state index contributed by atoms with van der Waals surface area (Å²) in [5, 5.41) is 2.28. The standard InChI is InChI=1S/C12H10N2O2/c1-2-6-14-12(16)10(9-15)8-11-5-3-4-7-13-11/h3-5,7-9H,1H3,(H,14,16)/b10-8+. The fraction of sp³-hybridized carbons (Fsp3) is 0.0833. The minimum atomic E-state index is -0.532. The molecule has 0 saturated heterocycles. The summed E-state index contributed by atoms with van der Waals surface area (Å²) in [6, 6.07) is 7.60. The lowest BCUT2D eigenvalue weighted by molar-refractivity contribution is -0.118. The first-order valence-electron chi connectivity index (χ1n) is 4.58. The quantitative estimate of drug-likeness (QED) is 0.202. The normalized spacial score (nSPS) is 9.94. The number of carbonyl (C=O) groups excluding carboxylic acids is 2. The van der Waals surface area contributed by atoms with Crippen LogP contribution in [0.25, 0.3) is 6.08 Å². The zero-order valence-corrected chi connectivity index (χ0v) is 8.73. The van der Waals surface area contributed by atoms with Crippen molar-refractivity contribution in [2.75, 3.05) is 0 Å². The van der Waals surface area contributed by atoms with E-state index in [1.807, 2.05) is 0 Å². The van der Waals surface area contributed by atoms with Crippen molar-refractivity contribution in [3.05, 3.63) is 35.7 Å². The minimum absolute atomic E-state index is 0.0125. The van der Waals surface area contributed by atoms with Gasteiger partial charge in [-0.1, -0.05) is 12.0 Å². The zero-order chi connectivity index (χ0) is 11.8. The van der Waals surface area contributed by atoms with Crippen molar-refractivity contribution in [1.82, 2.24) is 10.3 Å². The number of pyridine rings is 1. The van der Waals surface area contributed by atoms with Crippen molar-refractivity contribution < 1.29 is 9.59 Å². The lowest BCUT2D eigenvalue weighted by Crippen LogP contribution is -2.20. The summed E-state index contributed by atoms with van der Waals surface area (Å²) in [7, 11) is 0. The van der Waals surface area contributed by atoms with E-state index >= 15 is 0 Å². The lowest BCUT2D eigenvalue weighted by Gasteiger charge is -1.97.